The molecule has 2 rings (SSSR count). The Morgan fingerprint density at radius 1 is 1.62 bits per heavy atom. The Kier molecular flexibility index (Phi) is 5.02. The van der Waals surface area contributed by atoms with Crippen LogP contribution in [-0.4, -0.2) is 102 Å². The molecule has 0 saturated carbocycles. The third kappa shape index (κ3) is 2.13. The zero-order valence-corrected chi connectivity index (χ0v) is 8.53. The fourth-order valence-electron chi connectivity index (χ4n) is 1.70. The van der Waals surface area contributed by atoms with Crippen molar-refractivity contribution in [3.63, 3.8) is 0 Å². The number of fused-ring (bicyclic) bond motifs is 1. The van der Waals surface area contributed by atoms with Crippen LogP contribution in [0, 0.1) is 0 Å². The van der Waals surface area contributed by atoms with Crippen molar-refractivity contribution in [2.24, 2.45) is 5.73 Å². The number of carboxylic acid groups (broad SMARTS) is 1. The number of β-lactam (4-membered cyclic amide) rings is 1. The quantitative estimate of drug-likeness (QED) is 0.393. The van der Waals surface area contributed by atoms with Crippen LogP contribution in [0.15, 0.2) is 11.3 Å². The SMILES string of the molecule is NC1C(=O)N2C(C(=O)O)=C(CO)CS[C@H]12.[KH]. The summed E-state index contributed by atoms with van der Waals surface area (Å²) >= 11 is 1.38. The van der Waals surface area contributed by atoms with Gasteiger partial charge in [-0.3, -0.25) is 9.69 Å². The van der Waals surface area contributed by atoms with Gasteiger partial charge in [0.05, 0.1) is 6.61 Å². The molecule has 2 atom stereocenters. The number of carbonyl (C=O) groups excluding carboxylic acids is 1. The Morgan fingerprint density at radius 2 is 2.25 bits per heavy atom. The van der Waals surface area contributed by atoms with E-state index in [4.69, 9.17) is 15.9 Å². The zero-order valence-electron chi connectivity index (χ0n) is 7.71. The molecule has 16 heavy (non-hydrogen) atoms. The summed E-state index contributed by atoms with van der Waals surface area (Å²) < 4.78 is 0. The number of rotatable bonds is 2. The van der Waals surface area contributed by atoms with Crippen molar-refractivity contribution in [3.8, 4) is 0 Å². The first-order valence-corrected chi connectivity index (χ1v) is 5.39. The molecule has 0 radical (unpaired) electrons. The van der Waals surface area contributed by atoms with E-state index in [2.05, 4.69) is 0 Å². The number of carbonyl (C=O) groups is 2. The molecule has 1 saturated heterocycles. The maximum atomic E-state index is 11.4. The van der Waals surface area contributed by atoms with E-state index in [0.717, 1.165) is 4.90 Å². The van der Waals surface area contributed by atoms with Gasteiger partial charge in [-0.25, -0.2) is 4.79 Å². The summed E-state index contributed by atoms with van der Waals surface area (Å²) in [7, 11) is 0. The van der Waals surface area contributed by atoms with Crippen LogP contribution < -0.4 is 5.73 Å². The number of hydrogen-bond donors (Lipinski definition) is 3. The fourth-order valence-corrected chi connectivity index (χ4v) is 2.98. The van der Waals surface area contributed by atoms with Crippen molar-refractivity contribution in [2.45, 2.75) is 11.4 Å². The second-order valence-electron chi connectivity index (χ2n) is 3.35. The minimum absolute atomic E-state index is 0. The molecule has 0 aromatic rings. The normalized spacial score (nSPS) is 28.1. The molecule has 2 aliphatic heterocycles. The van der Waals surface area contributed by atoms with E-state index in [-0.39, 0.29) is 69.1 Å². The van der Waals surface area contributed by atoms with Gasteiger partial charge >= 0.3 is 57.4 Å². The molecule has 1 fully saturated rings. The first-order valence-electron chi connectivity index (χ1n) is 4.34. The molecule has 0 aromatic heterocycles. The van der Waals surface area contributed by atoms with Gasteiger partial charge in [0.15, 0.2) is 0 Å². The van der Waals surface area contributed by atoms with E-state index in [0.29, 0.717) is 11.3 Å². The zero-order chi connectivity index (χ0) is 11.2. The molecule has 4 N–H and O–H groups in total. The average molecular weight is 270 g/mol. The molecule has 8 heteroatoms. The molecule has 84 valence electrons. The molecule has 0 aliphatic carbocycles. The monoisotopic (exact) mass is 270 g/mol. The van der Waals surface area contributed by atoms with Gasteiger partial charge in [-0.15, -0.1) is 11.8 Å². The molecule has 6 nitrogen and oxygen atoms in total. The molecule has 1 amide bonds. The van der Waals surface area contributed by atoms with Crippen LogP contribution in [0.25, 0.3) is 0 Å². The topological polar surface area (TPSA) is 104 Å². The average Bonchev–Trinajstić information content (AvgIpc) is 2.25. The summed E-state index contributed by atoms with van der Waals surface area (Å²) in [6.45, 7) is -0.347. The number of aliphatic hydroxyl groups excluding tert-OH is 1. The summed E-state index contributed by atoms with van der Waals surface area (Å²) in [4.78, 5) is 23.5. The first kappa shape index (κ1) is 14.6. The molecular formula is C8H11KN2O4S. The molecule has 0 aromatic carbocycles. The third-order valence-electron chi connectivity index (χ3n) is 2.48. The van der Waals surface area contributed by atoms with Crippen LogP contribution >= 0.6 is 11.8 Å². The van der Waals surface area contributed by atoms with Crippen LogP contribution in [0.4, 0.5) is 0 Å². The standard InChI is InChI=1S/C8H10N2O4S.K.H/c9-4-6(12)10-5(8(13)14)3(1-11)2-15-7(4)10;;/h4,7,11H,1-2,9H2,(H,13,14);;/t4?,7-;;/m1../s1. The number of nitrogens with two attached hydrogens (primary N) is 1. The van der Waals surface area contributed by atoms with Crippen molar-refractivity contribution < 1.29 is 19.8 Å². The maximum absolute atomic E-state index is 11.4. The number of aliphatic carboxylic acids is 1. The van der Waals surface area contributed by atoms with Crippen molar-refractivity contribution >= 4 is 75.0 Å². The second kappa shape index (κ2) is 5.49. The minimum atomic E-state index is -1.19. The Balaban J connectivity index is 0.00000128. The summed E-state index contributed by atoms with van der Waals surface area (Å²) in [6, 6.07) is -0.621. The number of nitrogens with zero attached hydrogens (tertiary/aromatic N) is 1. The van der Waals surface area contributed by atoms with E-state index in [1.54, 1.807) is 0 Å². The Morgan fingerprint density at radius 3 is 2.75 bits per heavy atom. The first-order chi connectivity index (χ1) is 7.07. The molecule has 0 bridgehead atoms. The van der Waals surface area contributed by atoms with Crippen LogP contribution in [0.2, 0.25) is 0 Å². The Labute approximate surface area is 139 Å². The number of thioether (sulfide) groups is 1. The van der Waals surface area contributed by atoms with Gasteiger partial charge in [0.1, 0.15) is 17.1 Å². The molecule has 1 unspecified atom stereocenters. The summed E-state index contributed by atoms with van der Waals surface area (Å²) in [6.07, 6.45) is 0. The van der Waals surface area contributed by atoms with E-state index < -0.39 is 17.9 Å². The summed E-state index contributed by atoms with van der Waals surface area (Å²) in [5.74, 6) is -1.18. The van der Waals surface area contributed by atoms with Gasteiger partial charge in [0.2, 0.25) is 5.91 Å². The van der Waals surface area contributed by atoms with Crippen molar-refractivity contribution in [3.05, 3.63) is 11.3 Å². The van der Waals surface area contributed by atoms with Gasteiger partial charge < -0.3 is 15.9 Å². The van der Waals surface area contributed by atoms with Crippen LogP contribution in [0.1, 0.15) is 0 Å². The van der Waals surface area contributed by atoms with E-state index >= 15 is 0 Å². The van der Waals surface area contributed by atoms with E-state index in [1.807, 2.05) is 0 Å². The second-order valence-corrected chi connectivity index (χ2v) is 4.46. The van der Waals surface area contributed by atoms with E-state index in [1.165, 1.54) is 11.8 Å². The number of carboxylic acids is 1. The number of amides is 1. The van der Waals surface area contributed by atoms with Crippen molar-refractivity contribution in [1.29, 1.82) is 0 Å². The van der Waals surface area contributed by atoms with Gasteiger partial charge in [0.25, 0.3) is 0 Å². The third-order valence-corrected chi connectivity index (χ3v) is 3.84. The summed E-state index contributed by atoms with van der Waals surface area (Å²) in [5, 5.41) is 17.6. The predicted octanol–water partition coefficient (Wildman–Crippen LogP) is -2.09. The van der Waals surface area contributed by atoms with Gasteiger partial charge in [0, 0.05) is 5.75 Å². The summed E-state index contributed by atoms with van der Waals surface area (Å²) in [5.41, 5.74) is 5.80. The molecule has 2 heterocycles. The van der Waals surface area contributed by atoms with Crippen LogP contribution in [0.5, 0.6) is 0 Å². The number of hydrogen-bond acceptors (Lipinski definition) is 5. The predicted molar refractivity (Wildman–Crippen MR) is 60.0 cm³/mol. The fraction of sp³-hybridized carbons (Fsp3) is 0.500. The van der Waals surface area contributed by atoms with Gasteiger partial charge in [-0.05, 0) is 5.57 Å². The number of aliphatic hydroxyl groups is 1. The molecular weight excluding hydrogens is 259 g/mol. The van der Waals surface area contributed by atoms with Gasteiger partial charge in [-0.2, -0.15) is 0 Å². The van der Waals surface area contributed by atoms with Crippen LogP contribution in [0.3, 0.4) is 0 Å². The Bertz CT molecular complexity index is 373. The molecule has 2 aliphatic rings. The van der Waals surface area contributed by atoms with Crippen molar-refractivity contribution in [1.82, 2.24) is 4.90 Å². The molecule has 0 spiro atoms. The Hall–Kier alpha value is 0.586. The van der Waals surface area contributed by atoms with Gasteiger partial charge in [-0.1, -0.05) is 0 Å². The van der Waals surface area contributed by atoms with Crippen LogP contribution in [-0.2, 0) is 9.59 Å². The van der Waals surface area contributed by atoms with Crippen molar-refractivity contribution in [2.75, 3.05) is 12.4 Å². The van der Waals surface area contributed by atoms with E-state index in [9.17, 15) is 9.59 Å².